The molecule has 0 saturated heterocycles. The molecule has 2 N–H and O–H groups in total. The van der Waals surface area contributed by atoms with Crippen molar-refractivity contribution < 1.29 is 9.13 Å². The molecule has 0 atom stereocenters. The first-order valence-corrected chi connectivity index (χ1v) is 6.59. The van der Waals surface area contributed by atoms with Gasteiger partial charge in [-0.3, -0.25) is 0 Å². The number of aromatic nitrogens is 1. The van der Waals surface area contributed by atoms with Crippen molar-refractivity contribution in [3.63, 3.8) is 0 Å². The second-order valence-electron chi connectivity index (χ2n) is 3.96. The second kappa shape index (κ2) is 5.93. The van der Waals surface area contributed by atoms with Crippen molar-refractivity contribution in [2.45, 2.75) is 20.0 Å². The lowest BCUT2D eigenvalue weighted by Gasteiger charge is -2.09. The summed E-state index contributed by atoms with van der Waals surface area (Å²) in [5.74, 6) is 0.408. The Morgan fingerprint density at radius 3 is 2.94 bits per heavy atom. The van der Waals surface area contributed by atoms with Crippen molar-refractivity contribution in [2.75, 3.05) is 6.54 Å². The predicted octanol–water partition coefficient (Wildman–Crippen LogP) is 2.67. The molecule has 3 nitrogen and oxygen atoms in total. The maximum atomic E-state index is 13.1. The number of nitrogens with zero attached hydrogens (tertiary/aromatic N) is 1. The molecule has 0 radical (unpaired) electrons. The molecular formula is C13H15FN2OS. The molecule has 0 aliphatic rings. The number of rotatable bonds is 5. The number of benzene rings is 1. The lowest BCUT2D eigenvalue weighted by molar-refractivity contribution is 0.301. The fourth-order valence-corrected chi connectivity index (χ4v) is 2.33. The Morgan fingerprint density at radius 2 is 2.28 bits per heavy atom. The fraction of sp³-hybridized carbons (Fsp3) is 0.308. The molecular weight excluding hydrogens is 251 g/mol. The van der Waals surface area contributed by atoms with Crippen LogP contribution in [0.3, 0.4) is 0 Å². The van der Waals surface area contributed by atoms with Gasteiger partial charge >= 0.3 is 0 Å². The summed E-state index contributed by atoms with van der Waals surface area (Å²) in [6, 6.07) is 4.50. The minimum Gasteiger partial charge on any atom is -0.486 e. The standard InChI is InChI=1S/C13H15FN2OS/c1-9-8-18-13(16-9)7-17-12-3-2-11(14)6-10(12)4-5-15/h2-3,6,8H,4-5,7,15H2,1H3. The van der Waals surface area contributed by atoms with E-state index in [9.17, 15) is 4.39 Å². The monoisotopic (exact) mass is 266 g/mol. The van der Waals surface area contributed by atoms with Gasteiger partial charge in [0.2, 0.25) is 0 Å². The van der Waals surface area contributed by atoms with Gasteiger partial charge in [0.1, 0.15) is 23.2 Å². The number of aryl methyl sites for hydroxylation is 1. The molecule has 5 heteroatoms. The minimum atomic E-state index is -0.268. The van der Waals surface area contributed by atoms with E-state index in [0.717, 1.165) is 16.3 Å². The molecule has 96 valence electrons. The Labute approximate surface area is 109 Å². The van der Waals surface area contributed by atoms with E-state index in [1.54, 1.807) is 17.4 Å². The van der Waals surface area contributed by atoms with Crippen LogP contribution in [0.15, 0.2) is 23.6 Å². The second-order valence-corrected chi connectivity index (χ2v) is 4.90. The summed E-state index contributed by atoms with van der Waals surface area (Å²) < 4.78 is 18.8. The van der Waals surface area contributed by atoms with Crippen LogP contribution in [0, 0.1) is 12.7 Å². The minimum absolute atomic E-state index is 0.268. The van der Waals surface area contributed by atoms with Crippen LogP contribution in [-0.2, 0) is 13.0 Å². The molecule has 0 unspecified atom stereocenters. The van der Waals surface area contributed by atoms with Gasteiger partial charge in [0, 0.05) is 11.1 Å². The summed E-state index contributed by atoms with van der Waals surface area (Å²) in [4.78, 5) is 4.31. The van der Waals surface area contributed by atoms with E-state index in [2.05, 4.69) is 4.98 Å². The summed E-state index contributed by atoms with van der Waals surface area (Å²) in [6.45, 7) is 2.82. The maximum absolute atomic E-state index is 13.1. The third kappa shape index (κ3) is 3.27. The smallest absolute Gasteiger partial charge is 0.140 e. The van der Waals surface area contributed by atoms with Crippen LogP contribution in [0.5, 0.6) is 5.75 Å². The van der Waals surface area contributed by atoms with Crippen LogP contribution in [0.1, 0.15) is 16.3 Å². The fourth-order valence-electron chi connectivity index (χ4n) is 1.65. The average Bonchev–Trinajstić information content (AvgIpc) is 2.75. The van der Waals surface area contributed by atoms with E-state index in [1.807, 2.05) is 12.3 Å². The zero-order valence-electron chi connectivity index (χ0n) is 10.1. The molecule has 0 amide bonds. The van der Waals surface area contributed by atoms with Crippen molar-refractivity contribution in [1.29, 1.82) is 0 Å². The summed E-state index contributed by atoms with van der Waals surface area (Å²) in [5.41, 5.74) is 7.28. The molecule has 0 saturated carbocycles. The molecule has 0 aliphatic heterocycles. The molecule has 0 bridgehead atoms. The Balaban J connectivity index is 2.08. The van der Waals surface area contributed by atoms with E-state index in [4.69, 9.17) is 10.5 Å². The van der Waals surface area contributed by atoms with Crippen LogP contribution in [0.2, 0.25) is 0 Å². The number of hydrogen-bond donors (Lipinski definition) is 1. The van der Waals surface area contributed by atoms with Gasteiger partial charge in [-0.2, -0.15) is 0 Å². The third-order valence-electron chi connectivity index (χ3n) is 2.45. The Morgan fingerprint density at radius 1 is 1.44 bits per heavy atom. The van der Waals surface area contributed by atoms with Crippen molar-refractivity contribution >= 4 is 11.3 Å². The SMILES string of the molecule is Cc1csc(COc2ccc(F)cc2CCN)n1. The molecule has 0 fully saturated rings. The summed E-state index contributed by atoms with van der Waals surface area (Å²) in [5, 5.41) is 2.89. The van der Waals surface area contributed by atoms with Gasteiger partial charge in [-0.1, -0.05) is 0 Å². The Hall–Kier alpha value is -1.46. The van der Waals surface area contributed by atoms with Crippen LogP contribution in [0.4, 0.5) is 4.39 Å². The highest BCUT2D eigenvalue weighted by Gasteiger charge is 2.06. The number of hydrogen-bond acceptors (Lipinski definition) is 4. The highest BCUT2D eigenvalue weighted by molar-refractivity contribution is 7.09. The first kappa shape index (κ1) is 13.0. The van der Waals surface area contributed by atoms with Gasteiger partial charge in [0.15, 0.2) is 0 Å². The third-order valence-corrected chi connectivity index (χ3v) is 3.39. The number of thiazole rings is 1. The molecule has 1 heterocycles. The van der Waals surface area contributed by atoms with Crippen molar-refractivity contribution in [2.24, 2.45) is 5.73 Å². The lowest BCUT2D eigenvalue weighted by atomic mass is 10.1. The molecule has 2 rings (SSSR count). The molecule has 1 aromatic heterocycles. The van der Waals surface area contributed by atoms with Gasteiger partial charge in [-0.15, -0.1) is 11.3 Å². The van der Waals surface area contributed by atoms with Crippen molar-refractivity contribution in [3.05, 3.63) is 45.7 Å². The number of halogens is 1. The molecule has 1 aromatic carbocycles. The first-order valence-electron chi connectivity index (χ1n) is 5.71. The van der Waals surface area contributed by atoms with Crippen molar-refractivity contribution in [3.8, 4) is 5.75 Å². The van der Waals surface area contributed by atoms with Gasteiger partial charge in [0.05, 0.1) is 0 Å². The molecule has 0 spiro atoms. The molecule has 18 heavy (non-hydrogen) atoms. The van der Waals surface area contributed by atoms with Crippen LogP contribution in [0.25, 0.3) is 0 Å². The van der Waals surface area contributed by atoms with E-state index in [0.29, 0.717) is 25.3 Å². The van der Waals surface area contributed by atoms with Gasteiger partial charge in [-0.05, 0) is 43.7 Å². The molecule has 2 aromatic rings. The zero-order valence-corrected chi connectivity index (χ0v) is 11.0. The van der Waals surface area contributed by atoms with Gasteiger partial charge < -0.3 is 10.5 Å². The largest absolute Gasteiger partial charge is 0.486 e. The summed E-state index contributed by atoms with van der Waals surface area (Å²) in [6.07, 6.45) is 0.601. The molecule has 0 aliphatic carbocycles. The highest BCUT2D eigenvalue weighted by atomic mass is 32.1. The van der Waals surface area contributed by atoms with E-state index in [-0.39, 0.29) is 5.82 Å². The van der Waals surface area contributed by atoms with Crippen LogP contribution >= 0.6 is 11.3 Å². The predicted molar refractivity (Wildman–Crippen MR) is 70.3 cm³/mol. The first-order chi connectivity index (χ1) is 8.69. The quantitative estimate of drug-likeness (QED) is 0.905. The zero-order chi connectivity index (χ0) is 13.0. The van der Waals surface area contributed by atoms with E-state index in [1.165, 1.54) is 12.1 Å². The Bertz CT molecular complexity index is 527. The van der Waals surface area contributed by atoms with Gasteiger partial charge in [-0.25, -0.2) is 9.37 Å². The maximum Gasteiger partial charge on any atom is 0.140 e. The number of nitrogens with two attached hydrogens (primary N) is 1. The van der Waals surface area contributed by atoms with Crippen LogP contribution < -0.4 is 10.5 Å². The number of ether oxygens (including phenoxy) is 1. The topological polar surface area (TPSA) is 48.1 Å². The lowest BCUT2D eigenvalue weighted by Crippen LogP contribution is -2.06. The Kier molecular flexibility index (Phi) is 4.28. The summed E-state index contributed by atoms with van der Waals surface area (Å²) >= 11 is 1.56. The van der Waals surface area contributed by atoms with Crippen molar-refractivity contribution in [1.82, 2.24) is 4.98 Å². The average molecular weight is 266 g/mol. The highest BCUT2D eigenvalue weighted by Crippen LogP contribution is 2.22. The normalized spacial score (nSPS) is 10.6. The van der Waals surface area contributed by atoms with Gasteiger partial charge in [0.25, 0.3) is 0 Å². The van der Waals surface area contributed by atoms with E-state index < -0.39 is 0 Å². The van der Waals surface area contributed by atoms with E-state index >= 15 is 0 Å². The van der Waals surface area contributed by atoms with Crippen LogP contribution in [-0.4, -0.2) is 11.5 Å². The summed E-state index contributed by atoms with van der Waals surface area (Å²) in [7, 11) is 0.